The van der Waals surface area contributed by atoms with E-state index in [0.717, 1.165) is 5.56 Å². The summed E-state index contributed by atoms with van der Waals surface area (Å²) in [4.78, 5) is 0. The van der Waals surface area contributed by atoms with E-state index in [1.807, 2.05) is 16.7 Å². The molecule has 0 spiro atoms. The Balaban J connectivity index is 1.70. The SMILES string of the molecule is N#Cc1ccc(CSc2nnc(-c3ccc(F)cc3)n2-c2ccc(F)cc2)cc1. The molecule has 0 radical (unpaired) electrons. The van der Waals surface area contributed by atoms with Crippen molar-refractivity contribution in [3.05, 3.63) is 95.6 Å². The Morgan fingerprint density at radius 1 is 0.828 bits per heavy atom. The highest BCUT2D eigenvalue weighted by Crippen LogP contribution is 2.30. The molecular weight excluding hydrogens is 390 g/mol. The van der Waals surface area contributed by atoms with Crippen LogP contribution >= 0.6 is 11.8 Å². The van der Waals surface area contributed by atoms with Crippen LogP contribution in [0.25, 0.3) is 17.1 Å². The van der Waals surface area contributed by atoms with Crippen LogP contribution in [-0.2, 0) is 5.75 Å². The van der Waals surface area contributed by atoms with Crippen molar-refractivity contribution in [1.82, 2.24) is 14.8 Å². The molecule has 0 atom stereocenters. The summed E-state index contributed by atoms with van der Waals surface area (Å²) in [5, 5.41) is 18.1. The number of aromatic nitrogens is 3. The lowest BCUT2D eigenvalue weighted by Crippen LogP contribution is -2.00. The molecule has 0 unspecified atom stereocenters. The Morgan fingerprint density at radius 2 is 1.45 bits per heavy atom. The molecule has 0 saturated carbocycles. The minimum absolute atomic E-state index is 0.336. The zero-order chi connectivity index (χ0) is 20.2. The number of halogens is 2. The Bertz CT molecular complexity index is 1160. The van der Waals surface area contributed by atoms with E-state index >= 15 is 0 Å². The molecule has 0 amide bonds. The molecule has 29 heavy (non-hydrogen) atoms. The maximum absolute atomic E-state index is 13.4. The van der Waals surface area contributed by atoms with Gasteiger partial charge in [0, 0.05) is 17.0 Å². The Labute approximate surface area is 170 Å². The second-order valence-corrected chi connectivity index (χ2v) is 7.16. The monoisotopic (exact) mass is 404 g/mol. The van der Waals surface area contributed by atoms with Gasteiger partial charge >= 0.3 is 0 Å². The Morgan fingerprint density at radius 3 is 2.07 bits per heavy atom. The van der Waals surface area contributed by atoms with E-state index in [1.54, 1.807) is 36.4 Å². The molecule has 0 saturated heterocycles. The molecule has 7 heteroatoms. The molecule has 142 valence electrons. The Hall–Kier alpha value is -3.50. The van der Waals surface area contributed by atoms with Gasteiger partial charge in [0.1, 0.15) is 11.6 Å². The summed E-state index contributed by atoms with van der Waals surface area (Å²) in [6, 6.07) is 21.5. The van der Waals surface area contributed by atoms with Crippen LogP contribution in [0.5, 0.6) is 0 Å². The summed E-state index contributed by atoms with van der Waals surface area (Å²) < 4.78 is 28.6. The summed E-state index contributed by atoms with van der Waals surface area (Å²) in [5.74, 6) is 0.488. The van der Waals surface area contributed by atoms with Crippen molar-refractivity contribution in [2.75, 3.05) is 0 Å². The molecule has 3 aromatic carbocycles. The van der Waals surface area contributed by atoms with Crippen molar-refractivity contribution < 1.29 is 8.78 Å². The van der Waals surface area contributed by atoms with Gasteiger partial charge in [-0.1, -0.05) is 23.9 Å². The highest BCUT2D eigenvalue weighted by atomic mass is 32.2. The van der Waals surface area contributed by atoms with Crippen molar-refractivity contribution in [2.24, 2.45) is 0 Å². The zero-order valence-electron chi connectivity index (χ0n) is 15.1. The van der Waals surface area contributed by atoms with Crippen LogP contribution < -0.4 is 0 Å². The molecule has 0 N–H and O–H groups in total. The molecule has 4 rings (SSSR count). The van der Waals surface area contributed by atoms with Gasteiger partial charge in [-0.25, -0.2) is 8.78 Å². The normalized spacial score (nSPS) is 10.7. The lowest BCUT2D eigenvalue weighted by atomic mass is 10.2. The zero-order valence-corrected chi connectivity index (χ0v) is 15.9. The van der Waals surface area contributed by atoms with Crippen LogP contribution in [0.15, 0.2) is 78.0 Å². The smallest absolute Gasteiger partial charge is 0.196 e. The molecule has 0 aliphatic rings. The van der Waals surface area contributed by atoms with Crippen molar-refractivity contribution in [2.45, 2.75) is 10.9 Å². The molecule has 1 aromatic heterocycles. The highest BCUT2D eigenvalue weighted by Gasteiger charge is 2.16. The number of thioether (sulfide) groups is 1. The predicted molar refractivity (Wildman–Crippen MR) is 107 cm³/mol. The summed E-state index contributed by atoms with van der Waals surface area (Å²) >= 11 is 1.47. The Kier molecular flexibility index (Phi) is 5.36. The number of nitrogens with zero attached hydrogens (tertiary/aromatic N) is 4. The summed E-state index contributed by atoms with van der Waals surface area (Å²) in [7, 11) is 0. The largest absolute Gasteiger partial charge is 0.270 e. The number of hydrogen-bond acceptors (Lipinski definition) is 4. The number of rotatable bonds is 5. The topological polar surface area (TPSA) is 54.5 Å². The van der Waals surface area contributed by atoms with E-state index in [2.05, 4.69) is 16.3 Å². The van der Waals surface area contributed by atoms with E-state index in [-0.39, 0.29) is 11.6 Å². The lowest BCUT2D eigenvalue weighted by molar-refractivity contribution is 0.626. The molecular formula is C22H14F2N4S. The van der Waals surface area contributed by atoms with E-state index < -0.39 is 0 Å². The second kappa shape index (κ2) is 8.25. The van der Waals surface area contributed by atoms with Crippen molar-refractivity contribution >= 4 is 11.8 Å². The van der Waals surface area contributed by atoms with Crippen LogP contribution in [0.2, 0.25) is 0 Å². The standard InChI is InChI=1S/C22H14F2N4S/c23-18-7-5-17(6-8-18)21-26-27-22(28(21)20-11-9-19(24)10-12-20)29-14-16-3-1-15(13-25)2-4-16/h1-12H,14H2. The quantitative estimate of drug-likeness (QED) is 0.419. The average molecular weight is 404 g/mol. The molecule has 0 aliphatic carbocycles. The first-order chi connectivity index (χ1) is 14.1. The van der Waals surface area contributed by atoms with Gasteiger partial charge < -0.3 is 0 Å². The van der Waals surface area contributed by atoms with Gasteiger partial charge in [0.05, 0.1) is 11.6 Å². The second-order valence-electron chi connectivity index (χ2n) is 6.22. The van der Waals surface area contributed by atoms with Gasteiger partial charge in [-0.15, -0.1) is 10.2 Å². The van der Waals surface area contributed by atoms with Crippen LogP contribution in [0.1, 0.15) is 11.1 Å². The van der Waals surface area contributed by atoms with Gasteiger partial charge in [-0.05, 0) is 66.2 Å². The number of nitriles is 1. The van der Waals surface area contributed by atoms with Crippen LogP contribution in [0.4, 0.5) is 8.78 Å². The van der Waals surface area contributed by atoms with E-state index in [4.69, 9.17) is 5.26 Å². The fraction of sp³-hybridized carbons (Fsp3) is 0.0455. The molecule has 0 bridgehead atoms. The van der Waals surface area contributed by atoms with E-state index in [0.29, 0.717) is 33.5 Å². The van der Waals surface area contributed by atoms with Gasteiger partial charge in [0.15, 0.2) is 11.0 Å². The average Bonchev–Trinajstić information content (AvgIpc) is 3.17. The fourth-order valence-corrected chi connectivity index (χ4v) is 3.70. The molecule has 0 fully saturated rings. The predicted octanol–water partition coefficient (Wildman–Crippen LogP) is 5.38. The van der Waals surface area contributed by atoms with Crippen LogP contribution in [0.3, 0.4) is 0 Å². The maximum Gasteiger partial charge on any atom is 0.196 e. The van der Waals surface area contributed by atoms with Gasteiger partial charge in [-0.2, -0.15) is 5.26 Å². The van der Waals surface area contributed by atoms with Crippen molar-refractivity contribution in [1.29, 1.82) is 5.26 Å². The van der Waals surface area contributed by atoms with Crippen molar-refractivity contribution in [3.63, 3.8) is 0 Å². The highest BCUT2D eigenvalue weighted by molar-refractivity contribution is 7.98. The third-order valence-corrected chi connectivity index (χ3v) is 5.27. The molecule has 1 heterocycles. The van der Waals surface area contributed by atoms with Gasteiger partial charge in [0.2, 0.25) is 0 Å². The van der Waals surface area contributed by atoms with Crippen LogP contribution in [-0.4, -0.2) is 14.8 Å². The molecule has 0 aliphatic heterocycles. The van der Waals surface area contributed by atoms with Gasteiger partial charge in [0.25, 0.3) is 0 Å². The lowest BCUT2D eigenvalue weighted by Gasteiger charge is -2.10. The minimum Gasteiger partial charge on any atom is -0.270 e. The maximum atomic E-state index is 13.4. The summed E-state index contributed by atoms with van der Waals surface area (Å²) in [6.45, 7) is 0. The summed E-state index contributed by atoms with van der Waals surface area (Å²) in [6.07, 6.45) is 0. The van der Waals surface area contributed by atoms with Gasteiger partial charge in [-0.3, -0.25) is 4.57 Å². The first kappa shape index (κ1) is 18.8. The third-order valence-electron chi connectivity index (χ3n) is 4.27. The van der Waals surface area contributed by atoms with Crippen LogP contribution in [0, 0.1) is 23.0 Å². The van der Waals surface area contributed by atoms with Crippen molar-refractivity contribution in [3.8, 4) is 23.1 Å². The number of hydrogen-bond donors (Lipinski definition) is 0. The first-order valence-electron chi connectivity index (χ1n) is 8.73. The van der Waals surface area contributed by atoms with E-state index in [9.17, 15) is 8.78 Å². The van der Waals surface area contributed by atoms with E-state index in [1.165, 1.54) is 36.0 Å². The number of benzene rings is 3. The first-order valence-corrected chi connectivity index (χ1v) is 9.72. The fourth-order valence-electron chi connectivity index (χ4n) is 2.80. The third kappa shape index (κ3) is 4.18. The molecule has 4 nitrogen and oxygen atoms in total. The summed E-state index contributed by atoms with van der Waals surface area (Å²) in [5.41, 5.74) is 3.05. The molecule has 4 aromatic rings. The minimum atomic E-state index is -0.336.